The van der Waals surface area contributed by atoms with Crippen molar-refractivity contribution in [1.29, 1.82) is 0 Å². The topological polar surface area (TPSA) is 48.3 Å². The maximum Gasteiger partial charge on any atom is 0.339 e. The molecule has 0 amide bonds. The number of carbonyl (C=O) groups excluding carboxylic acids is 2. The molecule has 1 fully saturated rings. The van der Waals surface area contributed by atoms with Crippen LogP contribution in [-0.4, -0.2) is 22.9 Å². The first-order valence-corrected chi connectivity index (χ1v) is 9.92. The smallest absolute Gasteiger partial charge is 0.339 e. The zero-order chi connectivity index (χ0) is 17.6. The van der Waals surface area contributed by atoms with E-state index in [-0.39, 0.29) is 18.4 Å². The molecule has 4 rings (SSSR count). The van der Waals surface area contributed by atoms with Gasteiger partial charge in [0.05, 0.1) is 5.56 Å². The summed E-state index contributed by atoms with van der Waals surface area (Å²) >= 11 is 1.64. The Morgan fingerprint density at radius 3 is 2.72 bits per heavy atom. The fourth-order valence-electron chi connectivity index (χ4n) is 3.91. The molecule has 0 bridgehead atoms. The molecule has 5 heteroatoms. The first-order valence-electron chi connectivity index (χ1n) is 9.04. The summed E-state index contributed by atoms with van der Waals surface area (Å²) in [7, 11) is 0. The van der Waals surface area contributed by atoms with E-state index in [1.807, 2.05) is 25.3 Å². The number of nitrogens with zero attached hydrogens (tertiary/aromatic N) is 1. The Hall–Kier alpha value is -1.88. The number of aromatic nitrogens is 1. The lowest BCUT2D eigenvalue weighted by atomic mass is 9.96. The summed E-state index contributed by atoms with van der Waals surface area (Å²) in [5.74, 6) is -0.471. The highest BCUT2D eigenvalue weighted by Crippen LogP contribution is 2.38. The van der Waals surface area contributed by atoms with Gasteiger partial charge >= 0.3 is 5.97 Å². The van der Waals surface area contributed by atoms with Crippen molar-refractivity contribution >= 4 is 23.1 Å². The van der Waals surface area contributed by atoms with Crippen LogP contribution in [0.25, 0.3) is 0 Å². The van der Waals surface area contributed by atoms with Crippen LogP contribution < -0.4 is 0 Å². The van der Waals surface area contributed by atoms with Gasteiger partial charge in [-0.15, -0.1) is 11.3 Å². The maximum atomic E-state index is 12.5. The maximum absolute atomic E-state index is 12.5. The number of Topliss-reactive ketones (excluding diaryl/α,β-unsaturated/α-hetero) is 1. The SMILES string of the molecule is Cc1cc(C(=O)COC(=O)c2csc3c2CCCC3)c(C)n1C1CC1. The molecule has 25 heavy (non-hydrogen) atoms. The summed E-state index contributed by atoms with van der Waals surface area (Å²) in [5.41, 5.74) is 4.59. The molecule has 2 aliphatic rings. The second kappa shape index (κ2) is 6.45. The molecule has 132 valence electrons. The van der Waals surface area contributed by atoms with Crippen LogP contribution in [0.4, 0.5) is 0 Å². The first-order chi connectivity index (χ1) is 12.1. The average molecular weight is 357 g/mol. The molecule has 2 aromatic heterocycles. The molecule has 1 saturated carbocycles. The Morgan fingerprint density at radius 2 is 1.96 bits per heavy atom. The van der Waals surface area contributed by atoms with Gasteiger partial charge in [0.25, 0.3) is 0 Å². The summed E-state index contributed by atoms with van der Waals surface area (Å²) in [6.45, 7) is 3.83. The Bertz CT molecular complexity index is 841. The molecule has 0 radical (unpaired) electrons. The van der Waals surface area contributed by atoms with Crippen molar-refractivity contribution in [3.05, 3.63) is 44.4 Å². The van der Waals surface area contributed by atoms with E-state index in [0.717, 1.165) is 36.2 Å². The minimum absolute atomic E-state index is 0.113. The van der Waals surface area contributed by atoms with Crippen LogP contribution in [0.3, 0.4) is 0 Å². The molecule has 2 aliphatic carbocycles. The van der Waals surface area contributed by atoms with E-state index in [1.54, 1.807) is 11.3 Å². The molecule has 0 aromatic carbocycles. The minimum Gasteiger partial charge on any atom is -0.454 e. The van der Waals surface area contributed by atoms with Crippen LogP contribution in [0.15, 0.2) is 11.4 Å². The van der Waals surface area contributed by atoms with Gasteiger partial charge in [0, 0.05) is 33.3 Å². The molecule has 0 unspecified atom stereocenters. The monoisotopic (exact) mass is 357 g/mol. The van der Waals surface area contributed by atoms with Gasteiger partial charge in [-0.3, -0.25) is 4.79 Å². The van der Waals surface area contributed by atoms with E-state index < -0.39 is 0 Å². The Morgan fingerprint density at radius 1 is 1.20 bits per heavy atom. The highest BCUT2D eigenvalue weighted by Gasteiger charge is 2.29. The lowest BCUT2D eigenvalue weighted by molar-refractivity contribution is 0.0473. The van der Waals surface area contributed by atoms with E-state index in [0.29, 0.717) is 17.2 Å². The zero-order valence-electron chi connectivity index (χ0n) is 14.8. The number of hydrogen-bond acceptors (Lipinski definition) is 4. The fourth-order valence-corrected chi connectivity index (χ4v) is 5.02. The summed E-state index contributed by atoms with van der Waals surface area (Å²) < 4.78 is 7.60. The molecule has 0 spiro atoms. The van der Waals surface area contributed by atoms with Crippen LogP contribution in [0.2, 0.25) is 0 Å². The normalized spacial score (nSPS) is 16.6. The minimum atomic E-state index is -0.358. The summed E-state index contributed by atoms with van der Waals surface area (Å²) in [5, 5.41) is 1.89. The molecule has 0 aliphatic heterocycles. The number of ether oxygens (including phenoxy) is 1. The number of thiophene rings is 1. The third-order valence-electron chi connectivity index (χ3n) is 5.31. The Balaban J connectivity index is 1.44. The van der Waals surface area contributed by atoms with Crippen LogP contribution in [-0.2, 0) is 17.6 Å². The van der Waals surface area contributed by atoms with Crippen molar-refractivity contribution in [2.75, 3.05) is 6.61 Å². The van der Waals surface area contributed by atoms with E-state index >= 15 is 0 Å². The number of rotatable bonds is 5. The van der Waals surface area contributed by atoms with Crippen molar-refractivity contribution in [3.8, 4) is 0 Å². The molecule has 0 saturated heterocycles. The predicted molar refractivity (Wildman–Crippen MR) is 97.8 cm³/mol. The third kappa shape index (κ3) is 3.06. The fraction of sp³-hybridized carbons (Fsp3) is 0.500. The van der Waals surface area contributed by atoms with Gasteiger partial charge in [0.15, 0.2) is 6.61 Å². The molecule has 4 nitrogen and oxygen atoms in total. The van der Waals surface area contributed by atoms with Gasteiger partial charge in [-0.2, -0.15) is 0 Å². The molecular formula is C20H23NO3S. The quantitative estimate of drug-likeness (QED) is 0.588. The molecule has 2 heterocycles. The Kier molecular flexibility index (Phi) is 4.28. The van der Waals surface area contributed by atoms with Gasteiger partial charge < -0.3 is 9.30 Å². The highest BCUT2D eigenvalue weighted by atomic mass is 32.1. The van der Waals surface area contributed by atoms with Gasteiger partial charge in [-0.25, -0.2) is 4.79 Å². The van der Waals surface area contributed by atoms with Gasteiger partial charge in [-0.05, 0) is 64.0 Å². The van der Waals surface area contributed by atoms with Crippen LogP contribution in [0.5, 0.6) is 0 Å². The lowest BCUT2D eigenvalue weighted by Crippen LogP contribution is -2.16. The largest absolute Gasteiger partial charge is 0.454 e. The summed E-state index contributed by atoms with van der Waals surface area (Å²) in [6.07, 6.45) is 6.68. The summed E-state index contributed by atoms with van der Waals surface area (Å²) in [6, 6.07) is 2.47. The predicted octanol–water partition coefficient (Wildman–Crippen LogP) is 4.42. The zero-order valence-corrected chi connectivity index (χ0v) is 15.6. The van der Waals surface area contributed by atoms with E-state index in [2.05, 4.69) is 4.57 Å². The number of ketones is 1. The number of aryl methyl sites for hydroxylation is 2. The van der Waals surface area contributed by atoms with E-state index in [1.165, 1.54) is 24.1 Å². The second-order valence-corrected chi connectivity index (χ2v) is 8.11. The van der Waals surface area contributed by atoms with Crippen molar-refractivity contribution in [3.63, 3.8) is 0 Å². The third-order valence-corrected chi connectivity index (χ3v) is 6.40. The van der Waals surface area contributed by atoms with Crippen LogP contribution >= 0.6 is 11.3 Å². The van der Waals surface area contributed by atoms with Gasteiger partial charge in [0.1, 0.15) is 0 Å². The van der Waals surface area contributed by atoms with Gasteiger partial charge in [-0.1, -0.05) is 0 Å². The average Bonchev–Trinajstić information content (AvgIpc) is 3.26. The standard InChI is InChI=1S/C20H23NO3S/c1-12-9-16(13(2)21(12)14-7-8-14)18(22)10-24-20(23)17-11-25-19-6-4-3-5-15(17)19/h9,11,14H,3-8,10H2,1-2H3. The summed E-state index contributed by atoms with van der Waals surface area (Å²) in [4.78, 5) is 26.3. The van der Waals surface area contributed by atoms with Gasteiger partial charge in [0.2, 0.25) is 5.78 Å². The van der Waals surface area contributed by atoms with Crippen LogP contribution in [0, 0.1) is 13.8 Å². The van der Waals surface area contributed by atoms with Crippen molar-refractivity contribution < 1.29 is 14.3 Å². The van der Waals surface area contributed by atoms with Crippen molar-refractivity contribution in [1.82, 2.24) is 4.57 Å². The number of carbonyl (C=O) groups is 2. The van der Waals surface area contributed by atoms with E-state index in [4.69, 9.17) is 4.74 Å². The number of esters is 1. The number of hydrogen-bond donors (Lipinski definition) is 0. The molecular weight excluding hydrogens is 334 g/mol. The number of fused-ring (bicyclic) bond motifs is 1. The molecule has 0 N–H and O–H groups in total. The first kappa shape index (κ1) is 16.6. The van der Waals surface area contributed by atoms with Crippen LogP contribution in [0.1, 0.15) is 74.3 Å². The molecule has 2 aromatic rings. The van der Waals surface area contributed by atoms with Crippen molar-refractivity contribution in [2.24, 2.45) is 0 Å². The second-order valence-electron chi connectivity index (χ2n) is 7.14. The molecule has 0 atom stereocenters. The van der Waals surface area contributed by atoms with Crippen molar-refractivity contribution in [2.45, 2.75) is 58.4 Å². The van der Waals surface area contributed by atoms with E-state index in [9.17, 15) is 9.59 Å². The Labute approximate surface area is 151 Å². The lowest BCUT2D eigenvalue weighted by Gasteiger charge is -2.12. The highest BCUT2D eigenvalue weighted by molar-refractivity contribution is 7.10.